The standard InChI is InChI=1S/C14H26N4O4S/c1-15(2)23(20,21)18-6-4-16(5-7-18)8-11-12-9-17(10-13(11)12)14(19)22-3/h11-13H,4-10H2,1-3H3/t11?,12-,13+. The van der Waals surface area contributed by atoms with Crippen LogP contribution in [0.15, 0.2) is 0 Å². The van der Waals surface area contributed by atoms with Gasteiger partial charge in [0.05, 0.1) is 7.11 Å². The van der Waals surface area contributed by atoms with E-state index >= 15 is 0 Å². The van der Waals surface area contributed by atoms with Gasteiger partial charge < -0.3 is 14.5 Å². The highest BCUT2D eigenvalue weighted by molar-refractivity contribution is 7.86. The van der Waals surface area contributed by atoms with Crippen molar-refractivity contribution >= 4 is 16.3 Å². The molecule has 2 saturated heterocycles. The Kier molecular flexibility index (Phi) is 4.56. The van der Waals surface area contributed by atoms with Crippen molar-refractivity contribution in [1.29, 1.82) is 0 Å². The number of methoxy groups -OCH3 is 1. The van der Waals surface area contributed by atoms with Crippen molar-refractivity contribution in [2.45, 2.75) is 0 Å². The molecule has 2 aliphatic heterocycles. The molecular formula is C14H26N4O4S. The van der Waals surface area contributed by atoms with Crippen molar-refractivity contribution in [1.82, 2.24) is 18.4 Å². The van der Waals surface area contributed by atoms with Crippen LogP contribution in [0.25, 0.3) is 0 Å². The summed E-state index contributed by atoms with van der Waals surface area (Å²) in [6.07, 6.45) is -0.224. The highest BCUT2D eigenvalue weighted by Crippen LogP contribution is 2.52. The van der Waals surface area contributed by atoms with Gasteiger partial charge in [0.2, 0.25) is 0 Å². The van der Waals surface area contributed by atoms with Crippen LogP contribution in [0.4, 0.5) is 4.79 Å². The number of piperidine rings is 1. The number of carbonyl (C=O) groups excluding carboxylic acids is 1. The summed E-state index contributed by atoms with van der Waals surface area (Å²) in [4.78, 5) is 15.6. The van der Waals surface area contributed by atoms with E-state index in [-0.39, 0.29) is 6.09 Å². The number of nitrogens with zero attached hydrogens (tertiary/aromatic N) is 4. The molecule has 0 spiro atoms. The van der Waals surface area contributed by atoms with E-state index in [1.165, 1.54) is 11.4 Å². The van der Waals surface area contributed by atoms with E-state index < -0.39 is 10.2 Å². The smallest absolute Gasteiger partial charge is 0.409 e. The number of likely N-dealkylation sites (tertiary alicyclic amines) is 1. The maximum atomic E-state index is 12.1. The number of hydrogen-bond acceptors (Lipinski definition) is 5. The van der Waals surface area contributed by atoms with Crippen molar-refractivity contribution in [3.8, 4) is 0 Å². The third-order valence-corrected chi connectivity index (χ3v) is 7.33. The van der Waals surface area contributed by atoms with Crippen LogP contribution in [-0.4, -0.2) is 99.9 Å². The lowest BCUT2D eigenvalue weighted by atomic mass is 10.2. The van der Waals surface area contributed by atoms with Gasteiger partial charge in [0.25, 0.3) is 10.2 Å². The van der Waals surface area contributed by atoms with Crippen LogP contribution in [-0.2, 0) is 14.9 Å². The Labute approximate surface area is 138 Å². The van der Waals surface area contributed by atoms with Crippen molar-refractivity contribution in [2.75, 3.05) is 67.0 Å². The van der Waals surface area contributed by atoms with Crippen LogP contribution in [0.5, 0.6) is 0 Å². The van der Waals surface area contributed by atoms with Gasteiger partial charge in [0.1, 0.15) is 0 Å². The summed E-state index contributed by atoms with van der Waals surface area (Å²) in [5, 5.41) is 0. The molecule has 9 heteroatoms. The molecule has 0 aromatic carbocycles. The van der Waals surface area contributed by atoms with E-state index in [0.717, 1.165) is 32.7 Å². The molecule has 2 heterocycles. The normalized spacial score (nSPS) is 32.2. The second-order valence-corrected chi connectivity index (χ2v) is 9.00. The Morgan fingerprint density at radius 1 is 1.13 bits per heavy atom. The fourth-order valence-electron chi connectivity index (χ4n) is 3.87. The molecule has 0 aromatic heterocycles. The van der Waals surface area contributed by atoms with Gasteiger partial charge in [-0.05, 0) is 17.8 Å². The van der Waals surface area contributed by atoms with E-state index in [2.05, 4.69) is 4.90 Å². The molecule has 132 valence electrons. The van der Waals surface area contributed by atoms with Crippen LogP contribution in [0.1, 0.15) is 0 Å². The molecule has 8 nitrogen and oxygen atoms in total. The minimum Gasteiger partial charge on any atom is -0.453 e. The van der Waals surface area contributed by atoms with Gasteiger partial charge in [-0.2, -0.15) is 17.0 Å². The van der Waals surface area contributed by atoms with E-state index in [9.17, 15) is 13.2 Å². The minimum absolute atomic E-state index is 0.224. The molecule has 1 saturated carbocycles. The molecule has 1 aliphatic carbocycles. The number of carbonyl (C=O) groups is 1. The van der Waals surface area contributed by atoms with Crippen LogP contribution >= 0.6 is 0 Å². The molecule has 3 rings (SSSR count). The molecule has 3 atom stereocenters. The predicted octanol–water partition coefficient (Wildman–Crippen LogP) is -0.645. The fraction of sp³-hybridized carbons (Fsp3) is 0.929. The molecule has 3 fully saturated rings. The highest BCUT2D eigenvalue weighted by Gasteiger charge is 2.57. The first-order chi connectivity index (χ1) is 10.8. The van der Waals surface area contributed by atoms with Crippen LogP contribution in [0.3, 0.4) is 0 Å². The highest BCUT2D eigenvalue weighted by atomic mass is 32.2. The SMILES string of the molecule is COC(=O)N1C[C@@H]2C(CN3CCN(S(=O)(=O)N(C)C)CC3)[C@@H]2C1. The van der Waals surface area contributed by atoms with Crippen molar-refractivity contribution < 1.29 is 17.9 Å². The summed E-state index contributed by atoms with van der Waals surface area (Å²) in [5.41, 5.74) is 0. The molecule has 0 N–H and O–H groups in total. The van der Waals surface area contributed by atoms with E-state index in [1.807, 2.05) is 0 Å². The Hall–Kier alpha value is -0.900. The van der Waals surface area contributed by atoms with Gasteiger partial charge in [-0.15, -0.1) is 0 Å². The van der Waals surface area contributed by atoms with Gasteiger partial charge in [-0.1, -0.05) is 0 Å². The number of rotatable bonds is 4. The summed E-state index contributed by atoms with van der Waals surface area (Å²) in [5.74, 6) is 1.84. The quantitative estimate of drug-likeness (QED) is 0.677. The summed E-state index contributed by atoms with van der Waals surface area (Å²) in [6.45, 7) is 5.29. The Morgan fingerprint density at radius 3 is 2.17 bits per heavy atom. The lowest BCUT2D eigenvalue weighted by Gasteiger charge is -2.35. The molecule has 0 bridgehead atoms. The lowest BCUT2D eigenvalue weighted by Crippen LogP contribution is -2.52. The first kappa shape index (κ1) is 16.9. The number of piperazine rings is 1. The zero-order valence-electron chi connectivity index (χ0n) is 14.0. The topological polar surface area (TPSA) is 73.4 Å². The molecule has 0 aromatic rings. The molecule has 3 aliphatic rings. The van der Waals surface area contributed by atoms with Gasteiger partial charge in [0.15, 0.2) is 0 Å². The second kappa shape index (κ2) is 6.19. The molecule has 23 heavy (non-hydrogen) atoms. The zero-order chi connectivity index (χ0) is 16.8. The van der Waals surface area contributed by atoms with Crippen molar-refractivity contribution in [3.05, 3.63) is 0 Å². The average molecular weight is 346 g/mol. The summed E-state index contributed by atoms with van der Waals surface area (Å²) >= 11 is 0. The van der Waals surface area contributed by atoms with Crippen molar-refractivity contribution in [3.63, 3.8) is 0 Å². The van der Waals surface area contributed by atoms with E-state index in [4.69, 9.17) is 4.74 Å². The Balaban J connectivity index is 1.43. The average Bonchev–Trinajstić information content (AvgIpc) is 2.97. The van der Waals surface area contributed by atoms with Gasteiger partial charge in [-0.25, -0.2) is 4.79 Å². The van der Waals surface area contributed by atoms with E-state index in [0.29, 0.717) is 30.8 Å². The largest absolute Gasteiger partial charge is 0.453 e. The van der Waals surface area contributed by atoms with E-state index in [1.54, 1.807) is 23.3 Å². The predicted molar refractivity (Wildman–Crippen MR) is 85.1 cm³/mol. The molecule has 0 radical (unpaired) electrons. The first-order valence-electron chi connectivity index (χ1n) is 8.07. The number of ether oxygens (including phenoxy) is 1. The van der Waals surface area contributed by atoms with Gasteiger partial charge in [0, 0.05) is 59.9 Å². The second-order valence-electron chi connectivity index (χ2n) is 6.86. The summed E-state index contributed by atoms with van der Waals surface area (Å²) in [6, 6.07) is 0. The summed E-state index contributed by atoms with van der Waals surface area (Å²) < 4.78 is 31.8. The number of amides is 1. The van der Waals surface area contributed by atoms with Crippen LogP contribution in [0, 0.1) is 17.8 Å². The third-order valence-electron chi connectivity index (χ3n) is 5.39. The zero-order valence-corrected chi connectivity index (χ0v) is 14.8. The van der Waals surface area contributed by atoms with Crippen LogP contribution in [0.2, 0.25) is 0 Å². The monoisotopic (exact) mass is 346 g/mol. The van der Waals surface area contributed by atoms with Crippen molar-refractivity contribution in [2.24, 2.45) is 17.8 Å². The Bertz CT molecular complexity index is 547. The first-order valence-corrected chi connectivity index (χ1v) is 9.47. The maximum Gasteiger partial charge on any atom is 0.409 e. The third kappa shape index (κ3) is 3.19. The molecule has 1 amide bonds. The molecule has 1 unspecified atom stereocenters. The van der Waals surface area contributed by atoms with Crippen LogP contribution < -0.4 is 0 Å². The lowest BCUT2D eigenvalue weighted by molar-refractivity contribution is 0.122. The fourth-order valence-corrected chi connectivity index (χ4v) is 4.96. The molecular weight excluding hydrogens is 320 g/mol. The maximum absolute atomic E-state index is 12.1. The number of fused-ring (bicyclic) bond motifs is 1. The number of hydrogen-bond donors (Lipinski definition) is 0. The summed E-state index contributed by atoms with van der Waals surface area (Å²) in [7, 11) is 1.27. The Morgan fingerprint density at radius 2 is 1.70 bits per heavy atom. The van der Waals surface area contributed by atoms with Gasteiger partial charge in [-0.3, -0.25) is 0 Å². The van der Waals surface area contributed by atoms with Gasteiger partial charge >= 0.3 is 6.09 Å². The minimum atomic E-state index is -3.29.